The van der Waals surface area contributed by atoms with E-state index in [9.17, 15) is 0 Å². The van der Waals surface area contributed by atoms with Crippen molar-refractivity contribution in [2.24, 2.45) is 0 Å². The number of halogens is 1. The lowest BCUT2D eigenvalue weighted by Crippen LogP contribution is -2.35. The molecule has 2 rings (SSSR count). The lowest BCUT2D eigenvalue weighted by Gasteiger charge is -2.19. The number of rotatable bonds is 3. The van der Waals surface area contributed by atoms with E-state index in [0.717, 1.165) is 22.0 Å². The minimum absolute atomic E-state index is 0.0694. The Morgan fingerprint density at radius 3 is 2.68 bits per heavy atom. The Balaban J connectivity index is 2.16. The van der Waals surface area contributed by atoms with Gasteiger partial charge < -0.3 is 5.32 Å². The lowest BCUT2D eigenvalue weighted by molar-refractivity contribution is 0.421. The maximum absolute atomic E-state index is 5.95. The second kappa shape index (κ2) is 5.31. The van der Waals surface area contributed by atoms with Crippen LogP contribution in [0.3, 0.4) is 0 Å². The zero-order chi connectivity index (χ0) is 14.0. The summed E-state index contributed by atoms with van der Waals surface area (Å²) in [6, 6.07) is 5.73. The van der Waals surface area contributed by atoms with Crippen molar-refractivity contribution in [2.45, 2.75) is 39.8 Å². The highest BCUT2D eigenvalue weighted by atomic mass is 35.5. The van der Waals surface area contributed by atoms with Crippen LogP contribution in [-0.2, 0) is 6.54 Å². The average Bonchev–Trinajstić information content (AvgIpc) is 2.74. The smallest absolute Gasteiger partial charge is 0.0969 e. The normalized spacial score (nSPS) is 11.8. The van der Waals surface area contributed by atoms with E-state index in [1.165, 1.54) is 0 Å². The summed E-state index contributed by atoms with van der Waals surface area (Å²) in [7, 11) is 0. The monoisotopic (exact) mass is 278 g/mol. The fraction of sp³-hybridized carbons (Fsp3) is 0.429. The number of benzene rings is 1. The zero-order valence-electron chi connectivity index (χ0n) is 11.7. The number of nitrogens with one attached hydrogen (secondary N) is 1. The third kappa shape index (κ3) is 3.78. The van der Waals surface area contributed by atoms with Crippen LogP contribution in [0.4, 0.5) is 0 Å². The predicted molar refractivity (Wildman–Crippen MR) is 77.7 cm³/mol. The van der Waals surface area contributed by atoms with E-state index in [-0.39, 0.29) is 5.54 Å². The van der Waals surface area contributed by atoms with E-state index in [1.54, 1.807) is 4.68 Å². The van der Waals surface area contributed by atoms with E-state index >= 15 is 0 Å². The highest BCUT2D eigenvalue weighted by Crippen LogP contribution is 2.18. The van der Waals surface area contributed by atoms with Crippen molar-refractivity contribution in [3.63, 3.8) is 0 Å². The van der Waals surface area contributed by atoms with Gasteiger partial charge in [0.25, 0.3) is 0 Å². The summed E-state index contributed by atoms with van der Waals surface area (Å²) in [5, 5.41) is 12.5. The summed E-state index contributed by atoms with van der Waals surface area (Å²) in [5.74, 6) is 0. The molecule has 0 aliphatic rings. The van der Waals surface area contributed by atoms with E-state index in [0.29, 0.717) is 6.54 Å². The molecule has 102 valence electrons. The molecule has 1 N–H and O–H groups in total. The molecule has 5 heteroatoms. The Labute approximate surface area is 118 Å². The molecule has 4 nitrogen and oxygen atoms in total. The summed E-state index contributed by atoms with van der Waals surface area (Å²) in [6.45, 7) is 9.09. The molecule has 1 heterocycles. The quantitative estimate of drug-likeness (QED) is 0.938. The van der Waals surface area contributed by atoms with Crippen LogP contribution in [0.2, 0.25) is 5.02 Å². The van der Waals surface area contributed by atoms with Crippen LogP contribution >= 0.6 is 11.6 Å². The molecule has 2 aromatic rings. The predicted octanol–water partition coefficient (Wildman–Crippen LogP) is 3.12. The van der Waals surface area contributed by atoms with E-state index in [2.05, 4.69) is 36.4 Å². The fourth-order valence-electron chi connectivity index (χ4n) is 1.73. The van der Waals surface area contributed by atoms with Crippen molar-refractivity contribution >= 4 is 11.6 Å². The van der Waals surface area contributed by atoms with E-state index < -0.39 is 0 Å². The molecule has 0 saturated carbocycles. The van der Waals surface area contributed by atoms with Crippen molar-refractivity contribution in [3.8, 4) is 5.69 Å². The van der Waals surface area contributed by atoms with Gasteiger partial charge >= 0.3 is 0 Å². The molecule has 0 fully saturated rings. The molecule has 0 atom stereocenters. The topological polar surface area (TPSA) is 42.7 Å². The number of hydrogen-bond donors (Lipinski definition) is 1. The van der Waals surface area contributed by atoms with Crippen molar-refractivity contribution in [1.29, 1.82) is 0 Å². The summed E-state index contributed by atoms with van der Waals surface area (Å²) >= 11 is 5.95. The van der Waals surface area contributed by atoms with Gasteiger partial charge in [-0.15, -0.1) is 5.10 Å². The first-order valence-electron chi connectivity index (χ1n) is 6.28. The standard InChI is InChI=1S/C14H19ClN4/c1-10-7-11(15)5-6-13(10)19-9-12(17-18-19)8-16-14(2,3)4/h5-7,9,16H,8H2,1-4H3. The van der Waals surface area contributed by atoms with Gasteiger partial charge in [0.1, 0.15) is 0 Å². The number of aromatic nitrogens is 3. The molecular formula is C14H19ClN4. The van der Waals surface area contributed by atoms with Crippen LogP contribution in [-0.4, -0.2) is 20.5 Å². The van der Waals surface area contributed by atoms with Crippen molar-refractivity contribution < 1.29 is 0 Å². The summed E-state index contributed by atoms with van der Waals surface area (Å²) in [6.07, 6.45) is 1.94. The lowest BCUT2D eigenvalue weighted by atomic mass is 10.1. The van der Waals surface area contributed by atoms with Gasteiger partial charge in [-0.05, 0) is 51.5 Å². The van der Waals surface area contributed by atoms with Crippen molar-refractivity contribution in [3.05, 3.63) is 40.7 Å². The molecule has 0 radical (unpaired) electrons. The third-order valence-electron chi connectivity index (χ3n) is 2.75. The Hall–Kier alpha value is -1.39. The fourth-order valence-corrected chi connectivity index (χ4v) is 1.96. The van der Waals surface area contributed by atoms with Crippen molar-refractivity contribution in [1.82, 2.24) is 20.3 Å². The molecular weight excluding hydrogens is 260 g/mol. The van der Waals surface area contributed by atoms with Crippen LogP contribution in [0, 0.1) is 6.92 Å². The average molecular weight is 279 g/mol. The Kier molecular flexibility index (Phi) is 3.92. The molecule has 0 aliphatic carbocycles. The van der Waals surface area contributed by atoms with E-state index in [1.807, 2.05) is 31.3 Å². The van der Waals surface area contributed by atoms with Gasteiger partial charge in [-0.1, -0.05) is 16.8 Å². The first kappa shape index (κ1) is 14.0. The van der Waals surface area contributed by atoms with Crippen LogP contribution in [0.25, 0.3) is 5.69 Å². The van der Waals surface area contributed by atoms with E-state index in [4.69, 9.17) is 11.6 Å². The van der Waals surface area contributed by atoms with Gasteiger partial charge in [0.2, 0.25) is 0 Å². The number of nitrogens with zero attached hydrogens (tertiary/aromatic N) is 3. The minimum Gasteiger partial charge on any atom is -0.306 e. The number of aryl methyl sites for hydroxylation is 1. The Morgan fingerprint density at radius 2 is 2.05 bits per heavy atom. The molecule has 0 bridgehead atoms. The Morgan fingerprint density at radius 1 is 1.32 bits per heavy atom. The minimum atomic E-state index is 0.0694. The van der Waals surface area contributed by atoms with Gasteiger partial charge in [0.05, 0.1) is 17.6 Å². The van der Waals surface area contributed by atoms with Crippen molar-refractivity contribution in [2.75, 3.05) is 0 Å². The zero-order valence-corrected chi connectivity index (χ0v) is 12.5. The summed E-state index contributed by atoms with van der Waals surface area (Å²) in [5.41, 5.74) is 3.07. The highest BCUT2D eigenvalue weighted by molar-refractivity contribution is 6.30. The maximum atomic E-state index is 5.95. The van der Waals surface area contributed by atoms with Gasteiger partial charge in [-0.2, -0.15) is 0 Å². The second-order valence-corrected chi connectivity index (χ2v) is 6.13. The largest absolute Gasteiger partial charge is 0.306 e. The second-order valence-electron chi connectivity index (χ2n) is 5.69. The molecule has 0 amide bonds. The molecule has 0 aliphatic heterocycles. The molecule has 0 spiro atoms. The first-order valence-corrected chi connectivity index (χ1v) is 6.66. The molecule has 0 saturated heterocycles. The van der Waals surface area contributed by atoms with Gasteiger partial charge in [-0.3, -0.25) is 0 Å². The Bertz CT molecular complexity index is 569. The summed E-state index contributed by atoms with van der Waals surface area (Å²) < 4.78 is 1.78. The van der Waals surface area contributed by atoms with Gasteiger partial charge in [0.15, 0.2) is 0 Å². The van der Waals surface area contributed by atoms with Crippen LogP contribution in [0.15, 0.2) is 24.4 Å². The maximum Gasteiger partial charge on any atom is 0.0969 e. The molecule has 19 heavy (non-hydrogen) atoms. The molecule has 1 aromatic heterocycles. The van der Waals surface area contributed by atoms with Crippen LogP contribution in [0.1, 0.15) is 32.0 Å². The highest BCUT2D eigenvalue weighted by Gasteiger charge is 2.11. The summed E-state index contributed by atoms with van der Waals surface area (Å²) in [4.78, 5) is 0. The SMILES string of the molecule is Cc1cc(Cl)ccc1-n1cc(CNC(C)(C)C)nn1. The number of hydrogen-bond acceptors (Lipinski definition) is 3. The van der Waals surface area contributed by atoms with Gasteiger partial charge in [-0.25, -0.2) is 4.68 Å². The first-order chi connectivity index (χ1) is 8.85. The molecule has 1 aromatic carbocycles. The van der Waals surface area contributed by atoms with Crippen LogP contribution in [0.5, 0.6) is 0 Å². The van der Waals surface area contributed by atoms with Crippen LogP contribution < -0.4 is 5.32 Å². The van der Waals surface area contributed by atoms with Gasteiger partial charge in [0, 0.05) is 17.1 Å². The third-order valence-corrected chi connectivity index (χ3v) is 2.98. The molecule has 0 unspecified atom stereocenters.